The zero-order valence-electron chi connectivity index (χ0n) is 14.5. The first-order valence-corrected chi connectivity index (χ1v) is 8.83. The predicted octanol–water partition coefficient (Wildman–Crippen LogP) is 5.70. The van der Waals surface area contributed by atoms with E-state index in [-0.39, 0.29) is 11.9 Å². The molecule has 0 saturated carbocycles. The Morgan fingerprint density at radius 1 is 0.720 bits per heavy atom. The minimum absolute atomic E-state index is 0.191. The van der Waals surface area contributed by atoms with Gasteiger partial charge in [-0.3, -0.25) is 0 Å². The molecule has 0 fully saturated rings. The van der Waals surface area contributed by atoms with Gasteiger partial charge in [0, 0.05) is 12.0 Å². The zero-order valence-corrected chi connectivity index (χ0v) is 14.5. The van der Waals surface area contributed by atoms with Gasteiger partial charge >= 0.3 is 0 Å². The molecule has 1 nitrogen and oxygen atoms in total. The SMILES string of the molecule is C[C@H](NCCC(c1ccccc1)c1ccccc1)c1ccc(F)cc1. The Bertz CT molecular complexity index is 714. The first-order valence-electron chi connectivity index (χ1n) is 8.83. The molecule has 0 aliphatic heterocycles. The molecule has 0 spiro atoms. The summed E-state index contributed by atoms with van der Waals surface area (Å²) < 4.78 is 13.1. The first kappa shape index (κ1) is 17.4. The minimum atomic E-state index is -0.191. The lowest BCUT2D eigenvalue weighted by Crippen LogP contribution is -2.21. The highest BCUT2D eigenvalue weighted by Crippen LogP contribution is 2.27. The molecule has 0 saturated heterocycles. The summed E-state index contributed by atoms with van der Waals surface area (Å²) in [6.45, 7) is 3.01. The van der Waals surface area contributed by atoms with Gasteiger partial charge in [-0.1, -0.05) is 72.8 Å². The summed E-state index contributed by atoms with van der Waals surface area (Å²) in [7, 11) is 0. The standard InChI is InChI=1S/C23H24FN/c1-18(19-12-14-22(24)15-13-19)25-17-16-23(20-8-4-2-5-9-20)21-10-6-3-7-11-21/h2-15,18,23,25H,16-17H2,1H3/t18-/m0/s1. The van der Waals surface area contributed by atoms with Crippen molar-refractivity contribution in [3.05, 3.63) is 107 Å². The summed E-state index contributed by atoms with van der Waals surface area (Å²) in [5.74, 6) is 0.180. The van der Waals surface area contributed by atoms with Crippen LogP contribution >= 0.6 is 0 Å². The fourth-order valence-corrected chi connectivity index (χ4v) is 3.21. The quantitative estimate of drug-likeness (QED) is 0.585. The average Bonchev–Trinajstić information content (AvgIpc) is 2.67. The molecule has 1 N–H and O–H groups in total. The third-order valence-corrected chi connectivity index (χ3v) is 4.66. The van der Waals surface area contributed by atoms with E-state index in [0.717, 1.165) is 18.5 Å². The van der Waals surface area contributed by atoms with E-state index < -0.39 is 0 Å². The van der Waals surface area contributed by atoms with Gasteiger partial charge in [0.1, 0.15) is 5.82 Å². The van der Waals surface area contributed by atoms with Gasteiger partial charge in [-0.25, -0.2) is 4.39 Å². The predicted molar refractivity (Wildman–Crippen MR) is 102 cm³/mol. The molecule has 3 aromatic carbocycles. The van der Waals surface area contributed by atoms with Crippen molar-refractivity contribution in [1.29, 1.82) is 0 Å². The highest BCUT2D eigenvalue weighted by Gasteiger charge is 2.14. The molecule has 128 valence electrons. The van der Waals surface area contributed by atoms with Crippen molar-refractivity contribution < 1.29 is 4.39 Å². The van der Waals surface area contributed by atoms with E-state index in [4.69, 9.17) is 0 Å². The third kappa shape index (κ3) is 4.77. The second-order valence-corrected chi connectivity index (χ2v) is 6.39. The highest BCUT2D eigenvalue weighted by molar-refractivity contribution is 5.32. The number of rotatable bonds is 7. The topological polar surface area (TPSA) is 12.0 Å². The van der Waals surface area contributed by atoms with Crippen molar-refractivity contribution in [2.24, 2.45) is 0 Å². The van der Waals surface area contributed by atoms with Gasteiger partial charge in [-0.15, -0.1) is 0 Å². The summed E-state index contributed by atoms with van der Waals surface area (Å²) >= 11 is 0. The molecule has 0 aliphatic rings. The molecule has 1 atom stereocenters. The largest absolute Gasteiger partial charge is 0.310 e. The maximum absolute atomic E-state index is 13.1. The maximum atomic E-state index is 13.1. The van der Waals surface area contributed by atoms with Gasteiger partial charge in [0.15, 0.2) is 0 Å². The van der Waals surface area contributed by atoms with Crippen LogP contribution in [0.5, 0.6) is 0 Å². The Hall–Kier alpha value is -2.45. The molecule has 0 radical (unpaired) electrons. The molecule has 0 heterocycles. The highest BCUT2D eigenvalue weighted by atomic mass is 19.1. The molecule has 2 heteroatoms. The van der Waals surface area contributed by atoms with Gasteiger partial charge < -0.3 is 5.32 Å². The van der Waals surface area contributed by atoms with Gasteiger partial charge in [-0.05, 0) is 48.7 Å². The number of hydrogen-bond donors (Lipinski definition) is 1. The third-order valence-electron chi connectivity index (χ3n) is 4.66. The van der Waals surface area contributed by atoms with Crippen LogP contribution in [0.3, 0.4) is 0 Å². The Morgan fingerprint density at radius 3 is 1.76 bits per heavy atom. The summed E-state index contributed by atoms with van der Waals surface area (Å²) in [6, 6.07) is 28.2. The van der Waals surface area contributed by atoms with Crippen molar-refractivity contribution in [2.45, 2.75) is 25.3 Å². The van der Waals surface area contributed by atoms with E-state index in [9.17, 15) is 4.39 Å². The fourth-order valence-electron chi connectivity index (χ4n) is 3.21. The lowest BCUT2D eigenvalue weighted by Gasteiger charge is -2.20. The smallest absolute Gasteiger partial charge is 0.123 e. The Morgan fingerprint density at radius 2 is 1.24 bits per heavy atom. The molecule has 0 aliphatic carbocycles. The van der Waals surface area contributed by atoms with Crippen LogP contribution in [0.4, 0.5) is 4.39 Å². The van der Waals surface area contributed by atoms with Gasteiger partial charge in [0.2, 0.25) is 0 Å². The number of benzene rings is 3. The van der Waals surface area contributed by atoms with Gasteiger partial charge in [0.05, 0.1) is 0 Å². The van der Waals surface area contributed by atoms with Crippen LogP contribution in [0.1, 0.15) is 42.0 Å². The molecule has 25 heavy (non-hydrogen) atoms. The van der Waals surface area contributed by atoms with E-state index in [1.165, 1.54) is 23.3 Å². The van der Waals surface area contributed by atoms with Crippen LogP contribution in [0, 0.1) is 5.82 Å². The number of halogens is 1. The van der Waals surface area contributed by atoms with E-state index in [1.54, 1.807) is 0 Å². The molecular formula is C23H24FN. The molecule has 0 unspecified atom stereocenters. The van der Waals surface area contributed by atoms with E-state index in [0.29, 0.717) is 5.92 Å². The van der Waals surface area contributed by atoms with Crippen molar-refractivity contribution in [3.63, 3.8) is 0 Å². The normalized spacial score (nSPS) is 12.3. The van der Waals surface area contributed by atoms with Crippen LogP contribution < -0.4 is 5.32 Å². The lowest BCUT2D eigenvalue weighted by atomic mass is 9.88. The molecule has 0 amide bonds. The lowest BCUT2D eigenvalue weighted by molar-refractivity contribution is 0.538. The maximum Gasteiger partial charge on any atom is 0.123 e. The Kier molecular flexibility index (Phi) is 5.97. The summed E-state index contributed by atoms with van der Waals surface area (Å²) in [6.07, 6.45) is 1.01. The summed E-state index contributed by atoms with van der Waals surface area (Å²) in [4.78, 5) is 0. The van der Waals surface area contributed by atoms with Crippen LogP contribution in [-0.4, -0.2) is 6.54 Å². The van der Waals surface area contributed by atoms with Gasteiger partial charge in [-0.2, -0.15) is 0 Å². The van der Waals surface area contributed by atoms with E-state index in [2.05, 4.69) is 72.9 Å². The van der Waals surface area contributed by atoms with E-state index >= 15 is 0 Å². The second kappa shape index (κ2) is 8.59. The number of hydrogen-bond acceptors (Lipinski definition) is 1. The number of nitrogens with one attached hydrogen (secondary N) is 1. The van der Waals surface area contributed by atoms with Crippen molar-refractivity contribution in [3.8, 4) is 0 Å². The average molecular weight is 333 g/mol. The molecule has 3 aromatic rings. The molecule has 3 rings (SSSR count). The molecular weight excluding hydrogens is 309 g/mol. The fraction of sp³-hybridized carbons (Fsp3) is 0.217. The Labute approximate surface area is 149 Å². The van der Waals surface area contributed by atoms with Crippen molar-refractivity contribution in [2.75, 3.05) is 6.54 Å². The van der Waals surface area contributed by atoms with Gasteiger partial charge in [0.25, 0.3) is 0 Å². The van der Waals surface area contributed by atoms with Crippen molar-refractivity contribution in [1.82, 2.24) is 5.32 Å². The monoisotopic (exact) mass is 333 g/mol. The summed E-state index contributed by atoms with van der Waals surface area (Å²) in [5, 5.41) is 3.57. The minimum Gasteiger partial charge on any atom is -0.310 e. The van der Waals surface area contributed by atoms with Crippen LogP contribution in [-0.2, 0) is 0 Å². The molecule has 0 aromatic heterocycles. The zero-order chi connectivity index (χ0) is 17.5. The molecule has 0 bridgehead atoms. The summed E-state index contributed by atoms with van der Waals surface area (Å²) in [5.41, 5.74) is 3.78. The Balaban J connectivity index is 1.66. The first-order chi connectivity index (χ1) is 12.2. The second-order valence-electron chi connectivity index (χ2n) is 6.39. The van der Waals surface area contributed by atoms with E-state index in [1.807, 2.05) is 12.1 Å². The van der Waals surface area contributed by atoms with Crippen molar-refractivity contribution >= 4 is 0 Å². The van der Waals surface area contributed by atoms with Crippen LogP contribution in [0.25, 0.3) is 0 Å². The van der Waals surface area contributed by atoms with Crippen LogP contribution in [0.15, 0.2) is 84.9 Å². The van der Waals surface area contributed by atoms with Crippen LogP contribution in [0.2, 0.25) is 0 Å².